The lowest BCUT2D eigenvalue weighted by atomic mass is 10.0. The number of oxime groups is 1. The first-order chi connectivity index (χ1) is 19.1. The molecule has 0 spiro atoms. The molecule has 39 heavy (non-hydrogen) atoms. The lowest BCUT2D eigenvalue weighted by Gasteiger charge is -2.07. The molecule has 0 atom stereocenters. The van der Waals surface area contributed by atoms with E-state index in [9.17, 15) is 9.90 Å². The van der Waals surface area contributed by atoms with Crippen molar-refractivity contribution in [2.75, 3.05) is 0 Å². The fourth-order valence-corrected chi connectivity index (χ4v) is 3.94. The van der Waals surface area contributed by atoms with E-state index in [2.05, 4.69) is 10.1 Å². The third-order valence-corrected chi connectivity index (χ3v) is 6.07. The number of oxazole rings is 1. The van der Waals surface area contributed by atoms with Crippen LogP contribution in [0.15, 0.2) is 119 Å². The molecule has 7 heteroatoms. The quantitative estimate of drug-likeness (QED) is 0.160. The van der Waals surface area contributed by atoms with Crippen LogP contribution in [0.25, 0.3) is 22.6 Å². The Hall–Kier alpha value is -5.17. The van der Waals surface area contributed by atoms with Gasteiger partial charge in [0.05, 0.1) is 0 Å². The van der Waals surface area contributed by atoms with Gasteiger partial charge in [-0.15, -0.1) is 0 Å². The van der Waals surface area contributed by atoms with Crippen LogP contribution in [0, 0.1) is 6.92 Å². The van der Waals surface area contributed by atoms with Gasteiger partial charge in [0.2, 0.25) is 5.89 Å². The fourth-order valence-electron chi connectivity index (χ4n) is 3.94. The molecular formula is C32H26N2O5. The summed E-state index contributed by atoms with van der Waals surface area (Å²) in [5, 5.41) is 13.5. The van der Waals surface area contributed by atoms with Crippen molar-refractivity contribution in [1.82, 2.24) is 4.98 Å². The Bertz CT molecular complexity index is 1560. The summed E-state index contributed by atoms with van der Waals surface area (Å²) in [4.78, 5) is 21.7. The minimum Gasteiger partial charge on any atom is -0.487 e. The van der Waals surface area contributed by atoms with E-state index in [1.165, 1.54) is 0 Å². The van der Waals surface area contributed by atoms with Gasteiger partial charge in [-0.3, -0.25) is 0 Å². The first-order valence-electron chi connectivity index (χ1n) is 12.4. The molecule has 0 aliphatic carbocycles. The van der Waals surface area contributed by atoms with E-state index in [-0.39, 0.29) is 18.9 Å². The molecule has 0 unspecified atom stereocenters. The molecule has 5 rings (SSSR count). The number of rotatable bonds is 10. The highest BCUT2D eigenvalue weighted by Gasteiger charge is 2.14. The predicted octanol–water partition coefficient (Wildman–Crippen LogP) is 6.90. The normalized spacial score (nSPS) is 11.3. The van der Waals surface area contributed by atoms with Crippen LogP contribution in [0.4, 0.5) is 0 Å². The molecule has 7 nitrogen and oxygen atoms in total. The highest BCUT2D eigenvalue weighted by atomic mass is 16.6. The van der Waals surface area contributed by atoms with E-state index < -0.39 is 5.97 Å². The predicted molar refractivity (Wildman–Crippen MR) is 148 cm³/mol. The third kappa shape index (κ3) is 6.40. The largest absolute Gasteiger partial charge is 0.487 e. The van der Waals surface area contributed by atoms with Crippen molar-refractivity contribution >= 4 is 11.7 Å². The molecule has 194 valence electrons. The van der Waals surface area contributed by atoms with Gasteiger partial charge in [-0.1, -0.05) is 90.1 Å². The summed E-state index contributed by atoms with van der Waals surface area (Å²) < 4.78 is 11.7. The number of benzene rings is 4. The van der Waals surface area contributed by atoms with Crippen molar-refractivity contribution in [3.8, 4) is 28.3 Å². The van der Waals surface area contributed by atoms with Gasteiger partial charge in [-0.25, -0.2) is 9.78 Å². The smallest absolute Gasteiger partial charge is 0.358 e. The van der Waals surface area contributed by atoms with Crippen LogP contribution in [0.1, 0.15) is 22.6 Å². The number of aryl methyl sites for hydroxylation is 1. The van der Waals surface area contributed by atoms with Crippen LogP contribution in [-0.2, 0) is 22.8 Å². The molecule has 5 aromatic rings. The van der Waals surface area contributed by atoms with Crippen molar-refractivity contribution < 1.29 is 23.9 Å². The summed E-state index contributed by atoms with van der Waals surface area (Å²) in [6, 6.07) is 34.1. The van der Waals surface area contributed by atoms with Gasteiger partial charge < -0.3 is 19.1 Å². The van der Waals surface area contributed by atoms with Gasteiger partial charge in [0.1, 0.15) is 30.4 Å². The second kappa shape index (κ2) is 11.9. The standard InChI is InChI=1S/C32H26N2O5/c1-22-29(33-31(39-22)27-10-6-3-7-11-27)21-37-28-18-12-23(13-19-28)20-38-34-30(32(35)36)26-16-14-25(15-17-26)24-8-4-2-5-9-24/h2-19H,20-21H2,1H3,(H,35,36)/b34-30-. The zero-order chi connectivity index (χ0) is 27.0. The molecule has 0 saturated carbocycles. The van der Waals surface area contributed by atoms with E-state index in [1.54, 1.807) is 12.1 Å². The zero-order valence-electron chi connectivity index (χ0n) is 21.3. The molecule has 1 aromatic heterocycles. The monoisotopic (exact) mass is 518 g/mol. The number of aliphatic carboxylic acids is 1. The highest BCUT2D eigenvalue weighted by molar-refractivity contribution is 6.42. The number of carboxylic acid groups (broad SMARTS) is 1. The lowest BCUT2D eigenvalue weighted by molar-refractivity contribution is -0.129. The van der Waals surface area contributed by atoms with Crippen LogP contribution in [0.5, 0.6) is 5.75 Å². The van der Waals surface area contributed by atoms with Crippen molar-refractivity contribution in [2.45, 2.75) is 20.1 Å². The molecule has 0 fully saturated rings. The minimum atomic E-state index is -1.16. The maximum absolute atomic E-state index is 11.8. The van der Waals surface area contributed by atoms with Gasteiger partial charge >= 0.3 is 5.97 Å². The van der Waals surface area contributed by atoms with Gasteiger partial charge in [0.25, 0.3) is 0 Å². The summed E-state index contributed by atoms with van der Waals surface area (Å²) in [5.74, 6) is 0.772. The maximum atomic E-state index is 11.8. The number of ether oxygens (including phenoxy) is 1. The van der Waals surface area contributed by atoms with E-state index in [0.717, 1.165) is 27.9 Å². The number of hydrogen-bond acceptors (Lipinski definition) is 6. The Balaban J connectivity index is 1.17. The Morgan fingerprint density at radius 2 is 1.41 bits per heavy atom. The van der Waals surface area contributed by atoms with Crippen molar-refractivity contribution in [3.05, 3.63) is 132 Å². The van der Waals surface area contributed by atoms with Gasteiger partial charge in [0, 0.05) is 11.1 Å². The molecule has 1 N–H and O–H groups in total. The third-order valence-electron chi connectivity index (χ3n) is 6.07. The number of carboxylic acids is 1. The van der Waals surface area contributed by atoms with Crippen LogP contribution < -0.4 is 4.74 Å². The first kappa shape index (κ1) is 25.5. The van der Waals surface area contributed by atoms with Crippen molar-refractivity contribution in [2.24, 2.45) is 5.16 Å². The van der Waals surface area contributed by atoms with Crippen molar-refractivity contribution in [1.29, 1.82) is 0 Å². The molecule has 0 aliphatic heterocycles. The summed E-state index contributed by atoms with van der Waals surface area (Å²) >= 11 is 0. The summed E-state index contributed by atoms with van der Waals surface area (Å²) in [5.41, 5.74) is 4.80. The fraction of sp³-hybridized carbons (Fsp3) is 0.0938. The topological polar surface area (TPSA) is 94.2 Å². The Labute approximate surface area is 226 Å². The Kier molecular flexibility index (Phi) is 7.79. The van der Waals surface area contributed by atoms with E-state index in [4.69, 9.17) is 14.0 Å². The van der Waals surface area contributed by atoms with Gasteiger partial charge in [0.15, 0.2) is 5.71 Å². The zero-order valence-corrected chi connectivity index (χ0v) is 21.3. The summed E-state index contributed by atoms with van der Waals surface area (Å²) in [6.45, 7) is 2.25. The van der Waals surface area contributed by atoms with Gasteiger partial charge in [-0.05, 0) is 47.9 Å². The second-order valence-electron chi connectivity index (χ2n) is 8.78. The molecular weight excluding hydrogens is 492 g/mol. The number of hydrogen-bond donors (Lipinski definition) is 1. The van der Waals surface area contributed by atoms with E-state index in [1.807, 2.05) is 104 Å². The highest BCUT2D eigenvalue weighted by Crippen LogP contribution is 2.23. The van der Waals surface area contributed by atoms with Crippen LogP contribution in [-0.4, -0.2) is 21.8 Å². The molecule has 0 aliphatic rings. The summed E-state index contributed by atoms with van der Waals surface area (Å²) in [7, 11) is 0. The first-order valence-corrected chi connectivity index (χ1v) is 12.4. The van der Waals surface area contributed by atoms with Crippen molar-refractivity contribution in [3.63, 3.8) is 0 Å². The molecule has 1 heterocycles. The van der Waals surface area contributed by atoms with Gasteiger partial charge in [-0.2, -0.15) is 0 Å². The molecule has 0 bridgehead atoms. The lowest BCUT2D eigenvalue weighted by Crippen LogP contribution is -2.15. The van der Waals surface area contributed by atoms with E-state index >= 15 is 0 Å². The molecule has 4 aromatic carbocycles. The average Bonchev–Trinajstić information content (AvgIpc) is 3.36. The number of nitrogens with zero attached hydrogens (tertiary/aromatic N) is 2. The average molecular weight is 519 g/mol. The SMILES string of the molecule is Cc1oc(-c2ccccc2)nc1COc1ccc(CO/N=C(\C(=O)O)c2ccc(-c3ccccc3)cc2)cc1. The molecule has 0 radical (unpaired) electrons. The summed E-state index contributed by atoms with van der Waals surface area (Å²) in [6.07, 6.45) is 0. The minimum absolute atomic E-state index is 0.113. The van der Waals surface area contributed by atoms with Crippen LogP contribution in [0.2, 0.25) is 0 Å². The van der Waals surface area contributed by atoms with Crippen LogP contribution in [0.3, 0.4) is 0 Å². The van der Waals surface area contributed by atoms with Crippen LogP contribution >= 0.6 is 0 Å². The Morgan fingerprint density at radius 1 is 0.795 bits per heavy atom. The number of carbonyl (C=O) groups is 1. The van der Waals surface area contributed by atoms with E-state index in [0.29, 0.717) is 23.0 Å². The molecule has 0 saturated heterocycles. The maximum Gasteiger partial charge on any atom is 0.358 e. The second-order valence-corrected chi connectivity index (χ2v) is 8.78. The Morgan fingerprint density at radius 3 is 2.05 bits per heavy atom. The molecule has 0 amide bonds. The number of aromatic nitrogens is 1.